The van der Waals surface area contributed by atoms with Crippen LogP contribution in [0.25, 0.3) is 0 Å². The van der Waals surface area contributed by atoms with Gasteiger partial charge in [-0.2, -0.15) is 0 Å². The van der Waals surface area contributed by atoms with Crippen LogP contribution in [0.2, 0.25) is 0 Å². The van der Waals surface area contributed by atoms with E-state index in [1.807, 2.05) is 12.1 Å². The summed E-state index contributed by atoms with van der Waals surface area (Å²) in [6.07, 6.45) is 0.567. The van der Waals surface area contributed by atoms with Crippen molar-refractivity contribution < 1.29 is 9.90 Å². The Hall–Kier alpha value is -1.92. The van der Waals surface area contributed by atoms with Gasteiger partial charge in [-0.3, -0.25) is 4.79 Å². The molecule has 0 fully saturated rings. The van der Waals surface area contributed by atoms with Crippen molar-refractivity contribution in [2.75, 3.05) is 18.5 Å². The highest BCUT2D eigenvalue weighted by Crippen LogP contribution is 2.20. The van der Waals surface area contributed by atoms with Gasteiger partial charge in [-0.25, -0.2) is 4.98 Å². The van der Waals surface area contributed by atoms with E-state index in [9.17, 15) is 4.79 Å². The van der Waals surface area contributed by atoms with Crippen molar-refractivity contribution in [3.05, 3.63) is 45.9 Å². The predicted octanol–water partition coefficient (Wildman–Crippen LogP) is 2.99. The molecule has 0 aliphatic carbocycles. The Balaban J connectivity index is 1.85. The van der Waals surface area contributed by atoms with E-state index in [0.29, 0.717) is 31.0 Å². The fraction of sp³-hybridized carbons (Fsp3) is 0.412. The van der Waals surface area contributed by atoms with Crippen LogP contribution in [0.4, 0.5) is 5.69 Å². The quantitative estimate of drug-likeness (QED) is 0.649. The Morgan fingerprint density at radius 1 is 1.30 bits per heavy atom. The Morgan fingerprint density at radius 2 is 2.04 bits per heavy atom. The number of hydrogen-bond donors (Lipinski definition) is 3. The zero-order valence-electron chi connectivity index (χ0n) is 13.5. The van der Waals surface area contributed by atoms with E-state index in [2.05, 4.69) is 34.8 Å². The smallest absolute Gasteiger partial charge is 0.251 e. The van der Waals surface area contributed by atoms with Crippen LogP contribution >= 0.6 is 11.3 Å². The third-order valence-corrected chi connectivity index (χ3v) is 4.50. The summed E-state index contributed by atoms with van der Waals surface area (Å²) in [6, 6.07) is 7.35. The van der Waals surface area contributed by atoms with Gasteiger partial charge in [-0.1, -0.05) is 13.8 Å². The van der Waals surface area contributed by atoms with Crippen molar-refractivity contribution in [2.24, 2.45) is 0 Å². The third-order valence-electron chi connectivity index (χ3n) is 3.30. The number of aliphatic hydroxyl groups is 1. The Morgan fingerprint density at radius 3 is 2.65 bits per heavy atom. The highest BCUT2D eigenvalue weighted by molar-refractivity contribution is 7.09. The lowest BCUT2D eigenvalue weighted by molar-refractivity contribution is 0.0951. The monoisotopic (exact) mass is 333 g/mol. The average molecular weight is 333 g/mol. The number of thiazole rings is 1. The van der Waals surface area contributed by atoms with Crippen molar-refractivity contribution >= 4 is 22.9 Å². The first-order valence-corrected chi connectivity index (χ1v) is 8.65. The van der Waals surface area contributed by atoms with Crippen LogP contribution in [0.1, 0.15) is 47.2 Å². The van der Waals surface area contributed by atoms with Crippen LogP contribution in [0.15, 0.2) is 29.6 Å². The first-order valence-electron chi connectivity index (χ1n) is 7.77. The fourth-order valence-electron chi connectivity index (χ4n) is 1.98. The summed E-state index contributed by atoms with van der Waals surface area (Å²) in [6.45, 7) is 5.52. The van der Waals surface area contributed by atoms with Gasteiger partial charge in [0.05, 0.1) is 17.2 Å². The van der Waals surface area contributed by atoms with Crippen LogP contribution in [-0.2, 0) is 6.54 Å². The van der Waals surface area contributed by atoms with Gasteiger partial charge in [0.2, 0.25) is 0 Å². The summed E-state index contributed by atoms with van der Waals surface area (Å²) in [5, 5.41) is 18.0. The van der Waals surface area contributed by atoms with Crippen molar-refractivity contribution in [3.8, 4) is 0 Å². The van der Waals surface area contributed by atoms with Crippen LogP contribution in [0, 0.1) is 0 Å². The molecular formula is C17H23N3O2S. The fourth-order valence-corrected chi connectivity index (χ4v) is 2.82. The van der Waals surface area contributed by atoms with Crippen molar-refractivity contribution in [1.29, 1.82) is 0 Å². The molecule has 0 saturated carbocycles. The number of benzene rings is 1. The lowest BCUT2D eigenvalue weighted by Gasteiger charge is -2.07. The van der Waals surface area contributed by atoms with E-state index in [1.54, 1.807) is 23.5 Å². The van der Waals surface area contributed by atoms with Gasteiger partial charge < -0.3 is 15.7 Å². The minimum absolute atomic E-state index is 0.0816. The number of carbonyl (C=O) groups is 1. The molecule has 1 aromatic heterocycles. The number of hydrogen-bond acceptors (Lipinski definition) is 5. The Labute approximate surface area is 140 Å². The molecule has 2 rings (SSSR count). The van der Waals surface area contributed by atoms with Gasteiger partial charge in [0.15, 0.2) is 0 Å². The maximum Gasteiger partial charge on any atom is 0.251 e. The van der Waals surface area contributed by atoms with Gasteiger partial charge in [0.25, 0.3) is 5.91 Å². The molecule has 6 heteroatoms. The van der Waals surface area contributed by atoms with Gasteiger partial charge in [0.1, 0.15) is 0 Å². The van der Waals surface area contributed by atoms with E-state index in [4.69, 9.17) is 5.11 Å². The van der Waals surface area contributed by atoms with E-state index < -0.39 is 0 Å². The molecule has 0 saturated heterocycles. The predicted molar refractivity (Wildman–Crippen MR) is 94.0 cm³/mol. The molecule has 1 amide bonds. The molecule has 0 bridgehead atoms. The third kappa shape index (κ3) is 5.33. The largest absolute Gasteiger partial charge is 0.396 e. The summed E-state index contributed by atoms with van der Waals surface area (Å²) in [7, 11) is 0. The molecule has 0 radical (unpaired) electrons. The van der Waals surface area contributed by atoms with Crippen molar-refractivity contribution in [1.82, 2.24) is 10.3 Å². The highest BCUT2D eigenvalue weighted by Gasteiger charge is 2.07. The van der Waals surface area contributed by atoms with Crippen LogP contribution < -0.4 is 10.6 Å². The van der Waals surface area contributed by atoms with E-state index in [1.165, 1.54) is 0 Å². The number of anilines is 1. The molecule has 23 heavy (non-hydrogen) atoms. The van der Waals surface area contributed by atoms with Crippen molar-refractivity contribution in [2.45, 2.75) is 32.7 Å². The van der Waals surface area contributed by atoms with E-state index in [-0.39, 0.29) is 12.5 Å². The number of nitrogens with one attached hydrogen (secondary N) is 2. The molecule has 3 N–H and O–H groups in total. The van der Waals surface area contributed by atoms with Gasteiger partial charge in [-0.05, 0) is 30.7 Å². The zero-order valence-corrected chi connectivity index (χ0v) is 14.3. The first kappa shape index (κ1) is 17.4. The van der Waals surface area contributed by atoms with Gasteiger partial charge >= 0.3 is 0 Å². The second-order valence-corrected chi connectivity index (χ2v) is 6.49. The second kappa shape index (κ2) is 8.64. The van der Waals surface area contributed by atoms with E-state index in [0.717, 1.165) is 16.4 Å². The standard InChI is InChI=1S/C17H23N3O2S/c1-12(2)17-20-15(11-23-17)10-19-14-6-4-13(5-7-14)16(22)18-8-3-9-21/h4-7,11-12,19,21H,3,8-10H2,1-2H3,(H,18,22). The molecular weight excluding hydrogens is 310 g/mol. The molecule has 2 aromatic rings. The summed E-state index contributed by atoms with van der Waals surface area (Å²) < 4.78 is 0. The Kier molecular flexibility index (Phi) is 6.55. The molecule has 124 valence electrons. The zero-order chi connectivity index (χ0) is 16.7. The second-order valence-electron chi connectivity index (χ2n) is 5.60. The van der Waals surface area contributed by atoms with Crippen LogP contribution in [-0.4, -0.2) is 29.1 Å². The summed E-state index contributed by atoms with van der Waals surface area (Å²) >= 11 is 1.69. The molecule has 0 atom stereocenters. The van der Waals surface area contributed by atoms with E-state index >= 15 is 0 Å². The number of aromatic nitrogens is 1. The lowest BCUT2D eigenvalue weighted by Crippen LogP contribution is -2.24. The molecule has 1 aromatic carbocycles. The lowest BCUT2D eigenvalue weighted by atomic mass is 10.2. The molecule has 0 aliphatic rings. The van der Waals surface area contributed by atoms with Crippen molar-refractivity contribution in [3.63, 3.8) is 0 Å². The number of amides is 1. The number of rotatable bonds is 8. The van der Waals surface area contributed by atoms with Crippen LogP contribution in [0.5, 0.6) is 0 Å². The first-order chi connectivity index (χ1) is 11.1. The minimum Gasteiger partial charge on any atom is -0.396 e. The number of nitrogens with zero attached hydrogens (tertiary/aromatic N) is 1. The molecule has 0 aliphatic heterocycles. The minimum atomic E-state index is -0.119. The molecule has 5 nitrogen and oxygen atoms in total. The topological polar surface area (TPSA) is 74.2 Å². The van der Waals surface area contributed by atoms with Gasteiger partial charge in [-0.15, -0.1) is 11.3 Å². The average Bonchev–Trinajstić information content (AvgIpc) is 3.03. The maximum absolute atomic E-state index is 11.9. The molecule has 0 spiro atoms. The summed E-state index contributed by atoms with van der Waals surface area (Å²) in [5.74, 6) is 0.337. The highest BCUT2D eigenvalue weighted by atomic mass is 32.1. The number of aliphatic hydroxyl groups excluding tert-OH is 1. The normalized spacial score (nSPS) is 10.8. The maximum atomic E-state index is 11.9. The summed E-state index contributed by atoms with van der Waals surface area (Å²) in [5.41, 5.74) is 2.60. The molecule has 0 unspecified atom stereocenters. The van der Waals surface area contributed by atoms with Gasteiger partial charge in [0, 0.05) is 35.7 Å². The molecule has 1 heterocycles. The SMILES string of the molecule is CC(C)c1nc(CNc2ccc(C(=O)NCCCO)cc2)cs1. The van der Waals surface area contributed by atoms with Crippen LogP contribution in [0.3, 0.4) is 0 Å². The Bertz CT molecular complexity index is 623. The number of carbonyl (C=O) groups excluding carboxylic acids is 1. The summed E-state index contributed by atoms with van der Waals surface area (Å²) in [4.78, 5) is 16.4.